The first-order valence-electron chi connectivity index (χ1n) is 6.28. The molecule has 1 fully saturated rings. The molecule has 2 N–H and O–H groups in total. The van der Waals surface area contributed by atoms with Crippen molar-refractivity contribution >= 4 is 5.91 Å². The van der Waals surface area contributed by atoms with E-state index in [1.807, 2.05) is 0 Å². The Kier molecular flexibility index (Phi) is 3.54. The molecular formula is C14H16F3NO2. The van der Waals surface area contributed by atoms with Gasteiger partial charge in [0.25, 0.3) is 5.91 Å². The zero-order chi connectivity index (χ0) is 15.1. The molecule has 0 bridgehead atoms. The number of aliphatic hydroxyl groups is 1. The zero-order valence-electron chi connectivity index (χ0n) is 11.2. The van der Waals surface area contributed by atoms with Crippen LogP contribution in [0.4, 0.5) is 13.2 Å². The Balaban J connectivity index is 2.11. The first-order chi connectivity index (χ1) is 9.12. The summed E-state index contributed by atoms with van der Waals surface area (Å²) in [4.78, 5) is 12.0. The van der Waals surface area contributed by atoms with E-state index in [0.717, 1.165) is 12.1 Å². The minimum Gasteiger partial charge on any atom is -0.392 e. The Morgan fingerprint density at radius 1 is 1.40 bits per heavy atom. The highest BCUT2D eigenvalue weighted by atomic mass is 19.4. The number of amides is 1. The molecule has 1 aromatic rings. The summed E-state index contributed by atoms with van der Waals surface area (Å²) in [6.07, 6.45) is -4.56. The molecule has 1 aromatic carbocycles. The average molecular weight is 287 g/mol. The van der Waals surface area contributed by atoms with Crippen LogP contribution in [0.2, 0.25) is 0 Å². The molecule has 6 heteroatoms. The topological polar surface area (TPSA) is 49.3 Å². The smallest absolute Gasteiger partial charge is 0.392 e. The van der Waals surface area contributed by atoms with Crippen molar-refractivity contribution in [2.24, 2.45) is 5.41 Å². The number of alkyl halides is 3. The van der Waals surface area contributed by atoms with E-state index >= 15 is 0 Å². The highest BCUT2D eigenvalue weighted by molar-refractivity contribution is 5.94. The van der Waals surface area contributed by atoms with E-state index in [-0.39, 0.29) is 11.6 Å². The number of hydrogen-bond donors (Lipinski definition) is 2. The standard InChI is InChI=1S/C14H16F3NO2/c1-13(2)10(7-11(13)19)18-12(20)8-4-3-5-9(6-8)14(15,16)17/h3-6,10-11,19H,7H2,1-2H3,(H,18,20). The molecule has 1 saturated carbocycles. The molecule has 0 radical (unpaired) electrons. The molecule has 0 aromatic heterocycles. The molecule has 1 aliphatic rings. The highest BCUT2D eigenvalue weighted by Crippen LogP contribution is 2.40. The van der Waals surface area contributed by atoms with Gasteiger partial charge in [-0.1, -0.05) is 19.9 Å². The van der Waals surface area contributed by atoms with Crippen LogP contribution >= 0.6 is 0 Å². The number of halogens is 3. The van der Waals surface area contributed by atoms with Gasteiger partial charge in [0.1, 0.15) is 0 Å². The van der Waals surface area contributed by atoms with Gasteiger partial charge in [0.2, 0.25) is 0 Å². The van der Waals surface area contributed by atoms with E-state index < -0.39 is 29.2 Å². The Bertz CT molecular complexity index is 525. The Hall–Kier alpha value is -1.56. The van der Waals surface area contributed by atoms with E-state index in [1.165, 1.54) is 12.1 Å². The molecule has 3 nitrogen and oxygen atoms in total. The van der Waals surface area contributed by atoms with Crippen molar-refractivity contribution in [3.8, 4) is 0 Å². The van der Waals surface area contributed by atoms with Crippen LogP contribution < -0.4 is 5.32 Å². The first-order valence-corrected chi connectivity index (χ1v) is 6.28. The van der Waals surface area contributed by atoms with Crippen LogP contribution in [0.1, 0.15) is 36.2 Å². The highest BCUT2D eigenvalue weighted by Gasteiger charge is 2.48. The van der Waals surface area contributed by atoms with Crippen LogP contribution in [-0.4, -0.2) is 23.2 Å². The third-order valence-electron chi connectivity index (χ3n) is 3.97. The number of carbonyl (C=O) groups excluding carboxylic acids is 1. The summed E-state index contributed by atoms with van der Waals surface area (Å²) in [6, 6.07) is 4.07. The minimum atomic E-state index is -4.47. The third kappa shape index (κ3) is 2.65. The van der Waals surface area contributed by atoms with Gasteiger partial charge in [-0.3, -0.25) is 4.79 Å². The lowest BCUT2D eigenvalue weighted by Crippen LogP contribution is -2.61. The molecular weight excluding hydrogens is 271 g/mol. The number of nitrogens with one attached hydrogen (secondary N) is 1. The summed E-state index contributed by atoms with van der Waals surface area (Å²) >= 11 is 0. The second kappa shape index (κ2) is 4.77. The van der Waals surface area contributed by atoms with Crippen LogP contribution in [-0.2, 0) is 6.18 Å². The van der Waals surface area contributed by atoms with Crippen LogP contribution in [0.3, 0.4) is 0 Å². The molecule has 20 heavy (non-hydrogen) atoms. The predicted molar refractivity (Wildman–Crippen MR) is 67.1 cm³/mol. The number of aliphatic hydroxyl groups excluding tert-OH is 1. The SMILES string of the molecule is CC1(C)C(O)CC1NC(=O)c1cccc(C(F)(F)F)c1. The van der Waals surface area contributed by atoms with Gasteiger partial charge >= 0.3 is 6.18 Å². The molecule has 0 spiro atoms. The van der Waals surface area contributed by atoms with Crippen LogP contribution in [0, 0.1) is 5.41 Å². The Labute approximate surface area is 114 Å². The zero-order valence-corrected chi connectivity index (χ0v) is 11.2. The number of rotatable bonds is 2. The fourth-order valence-corrected chi connectivity index (χ4v) is 2.23. The molecule has 2 unspecified atom stereocenters. The predicted octanol–water partition coefficient (Wildman–Crippen LogP) is 2.59. The summed E-state index contributed by atoms with van der Waals surface area (Å²) in [6.45, 7) is 3.61. The Morgan fingerprint density at radius 2 is 2.05 bits per heavy atom. The lowest BCUT2D eigenvalue weighted by atomic mass is 9.64. The lowest BCUT2D eigenvalue weighted by Gasteiger charge is -2.49. The molecule has 0 saturated heterocycles. The van der Waals surface area contributed by atoms with Gasteiger partial charge in [-0.25, -0.2) is 0 Å². The normalized spacial score (nSPS) is 24.9. The van der Waals surface area contributed by atoms with E-state index in [1.54, 1.807) is 13.8 Å². The van der Waals surface area contributed by atoms with Crippen molar-refractivity contribution in [1.29, 1.82) is 0 Å². The third-order valence-corrected chi connectivity index (χ3v) is 3.97. The largest absolute Gasteiger partial charge is 0.416 e. The summed E-state index contributed by atoms with van der Waals surface area (Å²) in [5, 5.41) is 12.2. The van der Waals surface area contributed by atoms with Crippen molar-refractivity contribution in [3.05, 3.63) is 35.4 Å². The average Bonchev–Trinajstić information content (AvgIpc) is 2.37. The van der Waals surface area contributed by atoms with Crippen molar-refractivity contribution in [1.82, 2.24) is 5.32 Å². The monoisotopic (exact) mass is 287 g/mol. The van der Waals surface area contributed by atoms with Gasteiger partial charge in [0.05, 0.1) is 11.7 Å². The molecule has 2 atom stereocenters. The van der Waals surface area contributed by atoms with Gasteiger partial charge in [0.15, 0.2) is 0 Å². The van der Waals surface area contributed by atoms with Crippen molar-refractivity contribution in [2.75, 3.05) is 0 Å². The van der Waals surface area contributed by atoms with Gasteiger partial charge < -0.3 is 10.4 Å². The first kappa shape index (κ1) is 14.8. The number of hydrogen-bond acceptors (Lipinski definition) is 2. The molecule has 110 valence electrons. The van der Waals surface area contributed by atoms with E-state index in [4.69, 9.17) is 0 Å². The lowest BCUT2D eigenvalue weighted by molar-refractivity contribution is -0.137. The fraction of sp³-hybridized carbons (Fsp3) is 0.500. The Morgan fingerprint density at radius 3 is 2.55 bits per heavy atom. The summed E-state index contributed by atoms with van der Waals surface area (Å²) in [5.74, 6) is -0.555. The van der Waals surface area contributed by atoms with Crippen molar-refractivity contribution in [3.63, 3.8) is 0 Å². The molecule has 0 heterocycles. The van der Waals surface area contributed by atoms with Crippen molar-refractivity contribution in [2.45, 2.75) is 38.6 Å². The summed E-state index contributed by atoms with van der Waals surface area (Å²) < 4.78 is 37.7. The maximum Gasteiger partial charge on any atom is 0.416 e. The number of benzene rings is 1. The minimum absolute atomic E-state index is 0.0305. The second-order valence-electron chi connectivity index (χ2n) is 5.68. The van der Waals surface area contributed by atoms with Gasteiger partial charge in [-0.05, 0) is 24.6 Å². The molecule has 1 aliphatic carbocycles. The number of carbonyl (C=O) groups is 1. The van der Waals surface area contributed by atoms with E-state index in [9.17, 15) is 23.1 Å². The van der Waals surface area contributed by atoms with Crippen LogP contribution in [0.15, 0.2) is 24.3 Å². The van der Waals surface area contributed by atoms with Gasteiger partial charge in [-0.15, -0.1) is 0 Å². The molecule has 0 aliphatic heterocycles. The van der Waals surface area contributed by atoms with Gasteiger partial charge in [0, 0.05) is 17.0 Å². The maximum atomic E-state index is 12.6. The van der Waals surface area contributed by atoms with E-state index in [0.29, 0.717) is 6.42 Å². The summed E-state index contributed by atoms with van der Waals surface area (Å²) in [5.41, 5.74) is -1.34. The quantitative estimate of drug-likeness (QED) is 0.878. The van der Waals surface area contributed by atoms with Crippen molar-refractivity contribution < 1.29 is 23.1 Å². The van der Waals surface area contributed by atoms with Crippen LogP contribution in [0.25, 0.3) is 0 Å². The summed E-state index contributed by atoms with van der Waals surface area (Å²) in [7, 11) is 0. The second-order valence-corrected chi connectivity index (χ2v) is 5.68. The van der Waals surface area contributed by atoms with Crippen LogP contribution in [0.5, 0.6) is 0 Å². The molecule has 2 rings (SSSR count). The van der Waals surface area contributed by atoms with Gasteiger partial charge in [-0.2, -0.15) is 13.2 Å². The molecule has 1 amide bonds. The van der Waals surface area contributed by atoms with E-state index in [2.05, 4.69) is 5.32 Å². The maximum absolute atomic E-state index is 12.6. The fourth-order valence-electron chi connectivity index (χ4n) is 2.23.